The van der Waals surface area contributed by atoms with E-state index >= 15 is 0 Å². The van der Waals surface area contributed by atoms with Crippen molar-refractivity contribution in [2.75, 3.05) is 37.6 Å². The van der Waals surface area contributed by atoms with Crippen molar-refractivity contribution < 1.29 is 4.79 Å². The largest absolute Gasteiger partial charge is 0.348 e. The van der Waals surface area contributed by atoms with Gasteiger partial charge in [0, 0.05) is 63.5 Å². The Bertz CT molecular complexity index is 656. The van der Waals surface area contributed by atoms with Gasteiger partial charge in [-0.2, -0.15) is 0 Å². The fourth-order valence-electron chi connectivity index (χ4n) is 4.97. The summed E-state index contributed by atoms with van der Waals surface area (Å²) in [6.07, 6.45) is 5.72. The number of hydrogen-bond acceptors (Lipinski definition) is 4. The van der Waals surface area contributed by atoms with E-state index in [1.54, 1.807) is 0 Å². The Hall–Kier alpha value is -1.82. The third-order valence-corrected chi connectivity index (χ3v) is 6.32. The molecule has 6 heteroatoms. The summed E-state index contributed by atoms with van der Waals surface area (Å²) in [5.41, 5.74) is 2.42. The average Bonchev–Trinajstić information content (AvgIpc) is 3.27. The highest BCUT2D eigenvalue weighted by Crippen LogP contribution is 2.32. The minimum Gasteiger partial charge on any atom is -0.348 e. The third kappa shape index (κ3) is 2.67. The van der Waals surface area contributed by atoms with E-state index in [0.29, 0.717) is 18.6 Å². The molecule has 5 heterocycles. The van der Waals surface area contributed by atoms with E-state index < -0.39 is 0 Å². The van der Waals surface area contributed by atoms with Crippen LogP contribution in [0.1, 0.15) is 36.9 Å². The number of carbonyl (C=O) groups is 1. The summed E-state index contributed by atoms with van der Waals surface area (Å²) >= 11 is 0. The predicted octanol–water partition coefficient (Wildman–Crippen LogP) is 1.60. The van der Waals surface area contributed by atoms with E-state index in [4.69, 9.17) is 4.98 Å². The van der Waals surface area contributed by atoms with E-state index in [1.807, 2.05) is 9.80 Å². The third-order valence-electron chi connectivity index (χ3n) is 6.32. The van der Waals surface area contributed by atoms with E-state index in [2.05, 4.69) is 22.3 Å². The molecule has 3 fully saturated rings. The van der Waals surface area contributed by atoms with Crippen LogP contribution in [0, 0.1) is 0 Å². The maximum Gasteiger partial charge on any atom is 0.320 e. The Morgan fingerprint density at radius 3 is 2.56 bits per heavy atom. The topological polar surface area (TPSA) is 51.7 Å². The number of nitrogens with one attached hydrogen (secondary N) is 1. The number of carbonyl (C=O) groups excluding carboxylic acids is 1. The zero-order valence-electron chi connectivity index (χ0n) is 14.8. The van der Waals surface area contributed by atoms with Crippen molar-refractivity contribution in [3.8, 4) is 0 Å². The first kappa shape index (κ1) is 15.4. The van der Waals surface area contributed by atoms with E-state index in [1.165, 1.54) is 24.1 Å². The van der Waals surface area contributed by atoms with Crippen LogP contribution in [-0.4, -0.2) is 65.6 Å². The van der Waals surface area contributed by atoms with Crippen molar-refractivity contribution in [2.24, 2.45) is 0 Å². The van der Waals surface area contributed by atoms with Crippen molar-refractivity contribution in [1.29, 1.82) is 0 Å². The molecular formula is C19H27N5O. The molecular weight excluding hydrogens is 314 g/mol. The van der Waals surface area contributed by atoms with Crippen molar-refractivity contribution in [2.45, 2.75) is 50.7 Å². The van der Waals surface area contributed by atoms with Gasteiger partial charge in [0.05, 0.1) is 0 Å². The van der Waals surface area contributed by atoms with Crippen LogP contribution in [0.2, 0.25) is 0 Å². The first-order valence-corrected chi connectivity index (χ1v) is 9.81. The quantitative estimate of drug-likeness (QED) is 0.843. The molecule has 1 aromatic rings. The molecule has 25 heavy (non-hydrogen) atoms. The molecule has 3 saturated heterocycles. The molecule has 0 saturated carbocycles. The van der Waals surface area contributed by atoms with Crippen LogP contribution >= 0.6 is 0 Å². The van der Waals surface area contributed by atoms with Crippen LogP contribution in [0.4, 0.5) is 10.6 Å². The van der Waals surface area contributed by atoms with Gasteiger partial charge in [-0.3, -0.25) is 0 Å². The molecule has 4 aliphatic heterocycles. The Morgan fingerprint density at radius 2 is 1.80 bits per heavy atom. The summed E-state index contributed by atoms with van der Waals surface area (Å²) in [5, 5.41) is 3.54. The monoisotopic (exact) mass is 341 g/mol. The molecule has 6 nitrogen and oxygen atoms in total. The van der Waals surface area contributed by atoms with Gasteiger partial charge < -0.3 is 20.0 Å². The van der Waals surface area contributed by atoms with E-state index in [9.17, 15) is 4.79 Å². The van der Waals surface area contributed by atoms with Gasteiger partial charge in [0.15, 0.2) is 0 Å². The Kier molecular flexibility index (Phi) is 3.81. The minimum atomic E-state index is 0.215. The van der Waals surface area contributed by atoms with Crippen molar-refractivity contribution in [1.82, 2.24) is 20.1 Å². The molecule has 2 unspecified atom stereocenters. The highest BCUT2D eigenvalue weighted by atomic mass is 16.2. The van der Waals surface area contributed by atoms with E-state index in [0.717, 1.165) is 57.8 Å². The van der Waals surface area contributed by atoms with Gasteiger partial charge in [0.25, 0.3) is 0 Å². The maximum absolute atomic E-state index is 12.6. The number of urea groups is 1. The van der Waals surface area contributed by atoms with Crippen molar-refractivity contribution >= 4 is 11.8 Å². The molecule has 0 aliphatic carbocycles. The number of anilines is 1. The Morgan fingerprint density at radius 1 is 1.04 bits per heavy atom. The Labute approximate surface area is 149 Å². The lowest BCUT2D eigenvalue weighted by atomic mass is 10.1. The van der Waals surface area contributed by atoms with Gasteiger partial charge >= 0.3 is 6.03 Å². The molecule has 1 aromatic heterocycles. The number of nitrogens with zero attached hydrogens (tertiary/aromatic N) is 4. The molecule has 0 aromatic carbocycles. The second-order valence-corrected chi connectivity index (χ2v) is 7.87. The Balaban J connectivity index is 1.33. The van der Waals surface area contributed by atoms with Crippen molar-refractivity contribution in [3.63, 3.8) is 0 Å². The number of rotatable bonds is 1. The summed E-state index contributed by atoms with van der Waals surface area (Å²) in [5.74, 6) is 1.15. The molecule has 2 atom stereocenters. The minimum absolute atomic E-state index is 0.215. The molecule has 0 spiro atoms. The second-order valence-electron chi connectivity index (χ2n) is 7.87. The summed E-state index contributed by atoms with van der Waals surface area (Å²) in [6, 6.07) is 5.80. The van der Waals surface area contributed by atoms with Gasteiger partial charge in [0.1, 0.15) is 5.82 Å². The second kappa shape index (κ2) is 6.16. The number of piperazine rings is 1. The van der Waals surface area contributed by atoms with Crippen LogP contribution in [0.25, 0.3) is 0 Å². The molecule has 5 rings (SSSR count). The number of fused-ring (bicyclic) bond motifs is 3. The predicted molar refractivity (Wildman–Crippen MR) is 96.7 cm³/mol. The van der Waals surface area contributed by atoms with Crippen LogP contribution < -0.4 is 10.2 Å². The first-order valence-electron chi connectivity index (χ1n) is 9.81. The van der Waals surface area contributed by atoms with Gasteiger partial charge in [-0.25, -0.2) is 9.78 Å². The van der Waals surface area contributed by atoms with Crippen LogP contribution in [0.3, 0.4) is 0 Å². The molecule has 4 aliphatic rings. The van der Waals surface area contributed by atoms with Crippen molar-refractivity contribution in [3.05, 3.63) is 23.4 Å². The molecule has 2 bridgehead atoms. The standard InChI is InChI=1S/C19H27N5O/c25-19(22-8-1-2-9-22)23-10-7-17-14(13-23)3-6-18(21-17)24-15-4-5-16(24)12-20-11-15/h3,6,15-16,20H,1-2,4-5,7-13H2. The molecule has 0 radical (unpaired) electrons. The first-order chi connectivity index (χ1) is 12.3. The van der Waals surface area contributed by atoms with Gasteiger partial charge in [0.2, 0.25) is 0 Å². The SMILES string of the molecule is O=C(N1CCCC1)N1CCc2nc(N3C4CCC3CNC4)ccc2C1. The fourth-order valence-corrected chi connectivity index (χ4v) is 4.97. The normalized spacial score (nSPS) is 28.4. The highest BCUT2D eigenvalue weighted by Gasteiger charge is 2.37. The van der Waals surface area contributed by atoms with Gasteiger partial charge in [-0.1, -0.05) is 6.07 Å². The lowest BCUT2D eigenvalue weighted by Gasteiger charge is -2.37. The zero-order valence-corrected chi connectivity index (χ0v) is 14.8. The number of likely N-dealkylation sites (tertiary alicyclic amines) is 1. The number of amides is 2. The number of aromatic nitrogens is 1. The summed E-state index contributed by atoms with van der Waals surface area (Å²) in [6.45, 7) is 5.51. The van der Waals surface area contributed by atoms with Crippen LogP contribution in [-0.2, 0) is 13.0 Å². The maximum atomic E-state index is 12.6. The van der Waals surface area contributed by atoms with E-state index in [-0.39, 0.29) is 6.03 Å². The highest BCUT2D eigenvalue weighted by molar-refractivity contribution is 5.75. The summed E-state index contributed by atoms with van der Waals surface area (Å²) in [7, 11) is 0. The molecule has 134 valence electrons. The van der Waals surface area contributed by atoms with Crippen LogP contribution in [0.15, 0.2) is 12.1 Å². The number of hydrogen-bond donors (Lipinski definition) is 1. The number of pyridine rings is 1. The van der Waals surface area contributed by atoms with Gasteiger partial charge in [-0.15, -0.1) is 0 Å². The smallest absolute Gasteiger partial charge is 0.320 e. The summed E-state index contributed by atoms with van der Waals surface area (Å²) in [4.78, 5) is 24.2. The lowest BCUT2D eigenvalue weighted by molar-refractivity contribution is 0.157. The van der Waals surface area contributed by atoms with Crippen LogP contribution in [0.5, 0.6) is 0 Å². The summed E-state index contributed by atoms with van der Waals surface area (Å²) < 4.78 is 0. The molecule has 1 N–H and O–H groups in total. The zero-order chi connectivity index (χ0) is 16.8. The molecule has 2 amide bonds. The van der Waals surface area contributed by atoms with Gasteiger partial charge in [-0.05, 0) is 37.3 Å². The fraction of sp³-hybridized carbons (Fsp3) is 0.684. The lowest BCUT2D eigenvalue weighted by Crippen LogP contribution is -2.52. The average molecular weight is 341 g/mol.